The third-order valence-electron chi connectivity index (χ3n) is 3.66. The summed E-state index contributed by atoms with van der Waals surface area (Å²) < 4.78 is 5.18. The molecule has 2 heteroatoms. The Morgan fingerprint density at radius 1 is 1.10 bits per heavy atom. The van der Waals surface area contributed by atoms with Gasteiger partial charge in [-0.25, -0.2) is 0 Å². The Hall–Kier alpha value is -1.38. The summed E-state index contributed by atoms with van der Waals surface area (Å²) >= 11 is 0. The fourth-order valence-corrected chi connectivity index (χ4v) is 2.56. The Labute approximate surface area is 122 Å². The standard InChI is InChI=1S/C18H25NO/c1-3-12-19-18(9-6-13-20-2)17-11-10-15-7-4-5-8-16(15)14-17/h4-5,7-8,10-11,14,18-19H,3,6,9,12-13H2,1-2H3. The lowest BCUT2D eigenvalue weighted by Crippen LogP contribution is -2.22. The van der Waals surface area contributed by atoms with Crippen molar-refractivity contribution in [3.05, 3.63) is 48.0 Å². The molecule has 2 aromatic carbocycles. The van der Waals surface area contributed by atoms with Crippen LogP contribution in [0.15, 0.2) is 42.5 Å². The molecule has 1 unspecified atom stereocenters. The van der Waals surface area contributed by atoms with E-state index in [2.05, 4.69) is 54.7 Å². The first-order valence-corrected chi connectivity index (χ1v) is 7.56. The summed E-state index contributed by atoms with van der Waals surface area (Å²) in [5, 5.41) is 6.28. The lowest BCUT2D eigenvalue weighted by molar-refractivity contribution is 0.188. The first-order chi connectivity index (χ1) is 9.85. The quantitative estimate of drug-likeness (QED) is 0.722. The van der Waals surface area contributed by atoms with E-state index >= 15 is 0 Å². The van der Waals surface area contributed by atoms with E-state index < -0.39 is 0 Å². The molecule has 0 aromatic heterocycles. The first kappa shape index (κ1) is 15.0. The van der Waals surface area contributed by atoms with Gasteiger partial charge < -0.3 is 10.1 Å². The van der Waals surface area contributed by atoms with Crippen molar-refractivity contribution in [2.24, 2.45) is 0 Å². The average Bonchev–Trinajstić information content (AvgIpc) is 2.50. The highest BCUT2D eigenvalue weighted by Gasteiger charge is 2.10. The molecule has 2 aromatic rings. The molecule has 0 aliphatic rings. The molecule has 0 fully saturated rings. The molecule has 0 spiro atoms. The largest absolute Gasteiger partial charge is 0.385 e. The van der Waals surface area contributed by atoms with Crippen LogP contribution < -0.4 is 5.32 Å². The van der Waals surface area contributed by atoms with Crippen molar-refractivity contribution in [1.82, 2.24) is 5.32 Å². The van der Waals surface area contributed by atoms with E-state index in [1.165, 1.54) is 16.3 Å². The number of hydrogen-bond acceptors (Lipinski definition) is 2. The van der Waals surface area contributed by atoms with Crippen LogP contribution in [0.4, 0.5) is 0 Å². The SMILES string of the molecule is CCCNC(CCCOC)c1ccc2ccccc2c1. The highest BCUT2D eigenvalue weighted by molar-refractivity contribution is 5.83. The Bertz CT molecular complexity index is 524. The molecule has 2 rings (SSSR count). The molecule has 0 saturated carbocycles. The second-order valence-corrected chi connectivity index (χ2v) is 5.25. The van der Waals surface area contributed by atoms with E-state index in [0.717, 1.165) is 32.4 Å². The van der Waals surface area contributed by atoms with Gasteiger partial charge in [-0.1, -0.05) is 43.3 Å². The van der Waals surface area contributed by atoms with E-state index in [0.29, 0.717) is 6.04 Å². The summed E-state index contributed by atoms with van der Waals surface area (Å²) in [5.41, 5.74) is 1.38. The van der Waals surface area contributed by atoms with Crippen molar-refractivity contribution in [2.45, 2.75) is 32.2 Å². The second-order valence-electron chi connectivity index (χ2n) is 5.25. The van der Waals surface area contributed by atoms with Crippen LogP contribution in [0.2, 0.25) is 0 Å². The monoisotopic (exact) mass is 271 g/mol. The summed E-state index contributed by atoms with van der Waals surface area (Å²) in [5.74, 6) is 0. The van der Waals surface area contributed by atoms with Crippen molar-refractivity contribution < 1.29 is 4.74 Å². The third-order valence-corrected chi connectivity index (χ3v) is 3.66. The lowest BCUT2D eigenvalue weighted by Gasteiger charge is -2.19. The molecule has 0 aliphatic heterocycles. The van der Waals surface area contributed by atoms with E-state index in [9.17, 15) is 0 Å². The minimum absolute atomic E-state index is 0.426. The van der Waals surface area contributed by atoms with Gasteiger partial charge in [0.2, 0.25) is 0 Å². The van der Waals surface area contributed by atoms with Gasteiger partial charge in [-0.3, -0.25) is 0 Å². The van der Waals surface area contributed by atoms with E-state index in [1.54, 1.807) is 7.11 Å². The summed E-state index contributed by atoms with van der Waals surface area (Å²) in [4.78, 5) is 0. The number of fused-ring (bicyclic) bond motifs is 1. The van der Waals surface area contributed by atoms with Gasteiger partial charge in [0, 0.05) is 19.8 Å². The molecule has 0 heterocycles. The third kappa shape index (κ3) is 4.06. The Balaban J connectivity index is 2.15. The maximum absolute atomic E-state index is 5.18. The van der Waals surface area contributed by atoms with Crippen LogP contribution in [0.25, 0.3) is 10.8 Å². The molecule has 20 heavy (non-hydrogen) atoms. The van der Waals surface area contributed by atoms with Crippen LogP contribution in [0.5, 0.6) is 0 Å². The summed E-state index contributed by atoms with van der Waals surface area (Å²) in [6.07, 6.45) is 3.37. The van der Waals surface area contributed by atoms with Crippen LogP contribution in [-0.4, -0.2) is 20.3 Å². The number of hydrogen-bond donors (Lipinski definition) is 1. The normalized spacial score (nSPS) is 12.7. The number of methoxy groups -OCH3 is 1. The maximum Gasteiger partial charge on any atom is 0.0462 e. The summed E-state index contributed by atoms with van der Waals surface area (Å²) in [6.45, 7) is 4.10. The van der Waals surface area contributed by atoms with Crippen molar-refractivity contribution in [2.75, 3.05) is 20.3 Å². The van der Waals surface area contributed by atoms with Crippen molar-refractivity contribution in [1.29, 1.82) is 0 Å². The molecule has 108 valence electrons. The van der Waals surface area contributed by atoms with E-state index in [1.807, 2.05) is 0 Å². The minimum Gasteiger partial charge on any atom is -0.385 e. The number of benzene rings is 2. The van der Waals surface area contributed by atoms with Crippen LogP contribution in [0.1, 0.15) is 37.8 Å². The Kier molecular flexibility index (Phi) is 6.03. The van der Waals surface area contributed by atoms with Crippen molar-refractivity contribution >= 4 is 10.8 Å². The van der Waals surface area contributed by atoms with Gasteiger partial charge >= 0.3 is 0 Å². The number of ether oxygens (including phenoxy) is 1. The predicted octanol–water partition coefficient (Wildman–Crippen LogP) is 4.31. The van der Waals surface area contributed by atoms with Crippen LogP contribution in [-0.2, 0) is 4.74 Å². The predicted molar refractivity (Wildman–Crippen MR) is 86.1 cm³/mol. The van der Waals surface area contributed by atoms with Crippen molar-refractivity contribution in [3.8, 4) is 0 Å². The Morgan fingerprint density at radius 3 is 2.65 bits per heavy atom. The molecular formula is C18H25NO. The van der Waals surface area contributed by atoms with Crippen LogP contribution in [0.3, 0.4) is 0 Å². The van der Waals surface area contributed by atoms with E-state index in [-0.39, 0.29) is 0 Å². The zero-order chi connectivity index (χ0) is 14.2. The fourth-order valence-electron chi connectivity index (χ4n) is 2.56. The fraction of sp³-hybridized carbons (Fsp3) is 0.444. The summed E-state index contributed by atoms with van der Waals surface area (Å²) in [7, 11) is 1.77. The molecule has 0 radical (unpaired) electrons. The molecular weight excluding hydrogens is 246 g/mol. The molecule has 2 nitrogen and oxygen atoms in total. The molecule has 1 N–H and O–H groups in total. The lowest BCUT2D eigenvalue weighted by atomic mass is 9.98. The molecule has 1 atom stereocenters. The minimum atomic E-state index is 0.426. The molecule has 0 aliphatic carbocycles. The first-order valence-electron chi connectivity index (χ1n) is 7.56. The van der Waals surface area contributed by atoms with Gasteiger partial charge in [0.1, 0.15) is 0 Å². The van der Waals surface area contributed by atoms with Gasteiger partial charge in [0.25, 0.3) is 0 Å². The maximum atomic E-state index is 5.18. The summed E-state index contributed by atoms with van der Waals surface area (Å²) in [6, 6.07) is 15.8. The average molecular weight is 271 g/mol. The number of nitrogens with one attached hydrogen (secondary N) is 1. The molecule has 0 saturated heterocycles. The highest BCUT2D eigenvalue weighted by Crippen LogP contribution is 2.23. The van der Waals surface area contributed by atoms with Gasteiger partial charge in [0.15, 0.2) is 0 Å². The Morgan fingerprint density at radius 2 is 1.90 bits per heavy atom. The van der Waals surface area contributed by atoms with Crippen molar-refractivity contribution in [3.63, 3.8) is 0 Å². The van der Waals surface area contributed by atoms with Gasteiger partial charge in [-0.2, -0.15) is 0 Å². The smallest absolute Gasteiger partial charge is 0.0462 e. The zero-order valence-electron chi connectivity index (χ0n) is 12.6. The zero-order valence-corrected chi connectivity index (χ0v) is 12.6. The van der Waals surface area contributed by atoms with E-state index in [4.69, 9.17) is 4.74 Å². The van der Waals surface area contributed by atoms with Crippen LogP contribution >= 0.6 is 0 Å². The second kappa shape index (κ2) is 8.03. The van der Waals surface area contributed by atoms with Crippen LogP contribution in [0, 0.1) is 0 Å². The molecule has 0 bridgehead atoms. The van der Waals surface area contributed by atoms with Gasteiger partial charge in [-0.15, -0.1) is 0 Å². The highest BCUT2D eigenvalue weighted by atomic mass is 16.5. The number of rotatable bonds is 8. The van der Waals surface area contributed by atoms with Gasteiger partial charge in [-0.05, 0) is 48.2 Å². The molecule has 0 amide bonds. The topological polar surface area (TPSA) is 21.3 Å². The van der Waals surface area contributed by atoms with Gasteiger partial charge in [0.05, 0.1) is 0 Å².